The Morgan fingerprint density at radius 2 is 2.05 bits per heavy atom. The number of benzene rings is 1. The molecule has 0 aliphatic heterocycles. The fourth-order valence-electron chi connectivity index (χ4n) is 1.28. The van der Waals surface area contributed by atoms with Crippen LogP contribution < -0.4 is 15.8 Å². The zero-order valence-electron chi connectivity index (χ0n) is 11.0. The smallest absolute Gasteiger partial charge is 0.321 e. The minimum Gasteiger partial charge on any atom is -0.492 e. The number of nitrogens with one attached hydrogen (secondary N) is 1. The largest absolute Gasteiger partial charge is 0.492 e. The number of para-hydroxylation sites is 1. The number of carboxylic acid groups (broad SMARTS) is 1. The van der Waals surface area contributed by atoms with E-state index in [0.29, 0.717) is 13.2 Å². The van der Waals surface area contributed by atoms with E-state index in [9.17, 15) is 9.59 Å². The van der Waals surface area contributed by atoms with E-state index in [-0.39, 0.29) is 17.4 Å². The number of hydrogen-bond donors (Lipinski definition) is 3. The lowest BCUT2D eigenvalue weighted by molar-refractivity contribution is -0.138. The maximum atomic E-state index is 11.4. The second kappa shape index (κ2) is 9.22. The molecule has 7 heteroatoms. The van der Waals surface area contributed by atoms with Gasteiger partial charge in [0.25, 0.3) is 0 Å². The first-order valence-electron chi connectivity index (χ1n) is 6.10. The first kappa shape index (κ1) is 16.3. The third kappa shape index (κ3) is 7.01. The lowest BCUT2D eigenvalue weighted by Gasteiger charge is -2.08. The number of carbonyl (C=O) groups excluding carboxylic acids is 1. The normalized spacial score (nSPS) is 11.7. The van der Waals surface area contributed by atoms with Gasteiger partial charge in [-0.15, -0.1) is 11.8 Å². The van der Waals surface area contributed by atoms with Crippen LogP contribution in [0.3, 0.4) is 0 Å². The molecule has 0 saturated heterocycles. The van der Waals surface area contributed by atoms with E-state index < -0.39 is 12.0 Å². The van der Waals surface area contributed by atoms with Gasteiger partial charge >= 0.3 is 5.97 Å². The SMILES string of the molecule is N[C@@H](CSCC(=O)NCCOc1ccccc1)C(=O)O. The second-order valence-electron chi connectivity index (χ2n) is 3.97. The van der Waals surface area contributed by atoms with E-state index in [2.05, 4.69) is 5.32 Å². The highest BCUT2D eigenvalue weighted by Crippen LogP contribution is 2.07. The Hall–Kier alpha value is -1.73. The number of aliphatic carboxylic acids is 1. The molecule has 1 aromatic rings. The number of carboxylic acids is 1. The Balaban J connectivity index is 2.04. The fourth-order valence-corrected chi connectivity index (χ4v) is 2.08. The van der Waals surface area contributed by atoms with Gasteiger partial charge in [-0.25, -0.2) is 0 Å². The molecule has 6 nitrogen and oxygen atoms in total. The molecule has 0 radical (unpaired) electrons. The molecular weight excluding hydrogens is 280 g/mol. The number of ether oxygens (including phenoxy) is 1. The maximum absolute atomic E-state index is 11.4. The predicted octanol–water partition coefficient (Wildman–Crippen LogP) is 0.327. The molecule has 4 N–H and O–H groups in total. The van der Waals surface area contributed by atoms with Crippen molar-refractivity contribution in [2.75, 3.05) is 24.7 Å². The fraction of sp³-hybridized carbons (Fsp3) is 0.385. The summed E-state index contributed by atoms with van der Waals surface area (Å²) in [5.74, 6) is -0.0720. The molecule has 0 bridgehead atoms. The molecule has 110 valence electrons. The average molecular weight is 298 g/mol. The quantitative estimate of drug-likeness (QED) is 0.568. The van der Waals surface area contributed by atoms with E-state index in [4.69, 9.17) is 15.6 Å². The van der Waals surface area contributed by atoms with E-state index in [1.54, 1.807) is 0 Å². The summed E-state index contributed by atoms with van der Waals surface area (Å²) in [6.45, 7) is 0.786. The van der Waals surface area contributed by atoms with E-state index in [0.717, 1.165) is 5.75 Å². The van der Waals surface area contributed by atoms with Crippen LogP contribution in [-0.4, -0.2) is 47.7 Å². The van der Waals surface area contributed by atoms with Gasteiger partial charge in [0.1, 0.15) is 18.4 Å². The van der Waals surface area contributed by atoms with Crippen molar-refractivity contribution in [1.82, 2.24) is 5.32 Å². The van der Waals surface area contributed by atoms with E-state index in [1.807, 2.05) is 30.3 Å². The molecule has 0 heterocycles. The van der Waals surface area contributed by atoms with Crippen molar-refractivity contribution in [3.8, 4) is 5.75 Å². The summed E-state index contributed by atoms with van der Waals surface area (Å²) in [5, 5.41) is 11.3. The van der Waals surface area contributed by atoms with Crippen molar-refractivity contribution in [3.63, 3.8) is 0 Å². The maximum Gasteiger partial charge on any atom is 0.321 e. The van der Waals surface area contributed by atoms with Crippen molar-refractivity contribution < 1.29 is 19.4 Å². The Kier molecular flexibility index (Phi) is 7.52. The van der Waals surface area contributed by atoms with Crippen LogP contribution in [0.4, 0.5) is 0 Å². The molecule has 1 amide bonds. The van der Waals surface area contributed by atoms with E-state index in [1.165, 1.54) is 11.8 Å². The molecule has 0 spiro atoms. The molecule has 0 aromatic heterocycles. The van der Waals surface area contributed by atoms with Gasteiger partial charge in [0.05, 0.1) is 12.3 Å². The highest BCUT2D eigenvalue weighted by Gasteiger charge is 2.11. The molecule has 20 heavy (non-hydrogen) atoms. The summed E-state index contributed by atoms with van der Waals surface area (Å²) in [5.41, 5.74) is 5.32. The molecule has 1 aromatic carbocycles. The Morgan fingerprint density at radius 1 is 1.35 bits per heavy atom. The molecule has 0 unspecified atom stereocenters. The van der Waals surface area contributed by atoms with Gasteiger partial charge in [0, 0.05) is 5.75 Å². The molecule has 0 aliphatic carbocycles. The van der Waals surface area contributed by atoms with Crippen molar-refractivity contribution in [2.24, 2.45) is 5.73 Å². The van der Waals surface area contributed by atoms with Gasteiger partial charge in [0.15, 0.2) is 0 Å². The number of hydrogen-bond acceptors (Lipinski definition) is 5. The molecule has 0 saturated carbocycles. The van der Waals surface area contributed by atoms with Gasteiger partial charge in [-0.1, -0.05) is 18.2 Å². The number of amides is 1. The minimum absolute atomic E-state index is 0.163. The van der Waals surface area contributed by atoms with E-state index >= 15 is 0 Å². The number of nitrogens with two attached hydrogens (primary N) is 1. The van der Waals surface area contributed by atoms with Crippen molar-refractivity contribution in [1.29, 1.82) is 0 Å². The lowest BCUT2D eigenvalue weighted by atomic mass is 10.3. The van der Waals surface area contributed by atoms with Crippen LogP contribution in [0.15, 0.2) is 30.3 Å². The van der Waals surface area contributed by atoms with Crippen LogP contribution in [0.25, 0.3) is 0 Å². The highest BCUT2D eigenvalue weighted by atomic mass is 32.2. The summed E-state index contributed by atoms with van der Waals surface area (Å²) >= 11 is 1.19. The molecule has 1 rings (SSSR count). The predicted molar refractivity (Wildman–Crippen MR) is 77.9 cm³/mol. The summed E-state index contributed by atoms with van der Waals surface area (Å²) in [7, 11) is 0. The van der Waals surface area contributed by atoms with Gasteiger partial charge in [-0.2, -0.15) is 0 Å². The number of rotatable bonds is 9. The monoisotopic (exact) mass is 298 g/mol. The van der Waals surface area contributed by atoms with Gasteiger partial charge in [0.2, 0.25) is 5.91 Å². The summed E-state index contributed by atoms with van der Waals surface area (Å²) in [6.07, 6.45) is 0. The van der Waals surface area contributed by atoms with Crippen LogP contribution in [-0.2, 0) is 9.59 Å². The zero-order chi connectivity index (χ0) is 14.8. The lowest BCUT2D eigenvalue weighted by Crippen LogP contribution is -2.34. The Morgan fingerprint density at radius 3 is 2.70 bits per heavy atom. The van der Waals surface area contributed by atoms with Crippen molar-refractivity contribution in [2.45, 2.75) is 6.04 Å². The van der Waals surface area contributed by atoms with Crippen molar-refractivity contribution >= 4 is 23.6 Å². The van der Waals surface area contributed by atoms with Crippen LogP contribution in [0, 0.1) is 0 Å². The zero-order valence-corrected chi connectivity index (χ0v) is 11.8. The summed E-state index contributed by atoms with van der Waals surface area (Å²) < 4.78 is 5.41. The topological polar surface area (TPSA) is 102 Å². The molecule has 0 aliphatic rings. The van der Waals surface area contributed by atoms with Gasteiger partial charge in [-0.3, -0.25) is 9.59 Å². The van der Waals surface area contributed by atoms with Crippen LogP contribution >= 0.6 is 11.8 Å². The molecule has 1 atom stereocenters. The summed E-state index contributed by atoms with van der Waals surface area (Å²) in [4.78, 5) is 21.9. The van der Waals surface area contributed by atoms with Gasteiger partial charge < -0.3 is 20.9 Å². The number of carbonyl (C=O) groups is 2. The third-order valence-electron chi connectivity index (χ3n) is 2.28. The number of thioether (sulfide) groups is 1. The van der Waals surface area contributed by atoms with Gasteiger partial charge in [-0.05, 0) is 12.1 Å². The first-order valence-corrected chi connectivity index (χ1v) is 7.25. The highest BCUT2D eigenvalue weighted by molar-refractivity contribution is 8.00. The third-order valence-corrected chi connectivity index (χ3v) is 3.35. The van der Waals surface area contributed by atoms with Crippen molar-refractivity contribution in [3.05, 3.63) is 30.3 Å². The average Bonchev–Trinajstić information content (AvgIpc) is 2.44. The second-order valence-corrected chi connectivity index (χ2v) is 5.00. The molecular formula is C13H18N2O4S. The van der Waals surface area contributed by atoms with Crippen LogP contribution in [0.2, 0.25) is 0 Å². The Labute approximate surface area is 121 Å². The first-order chi connectivity index (χ1) is 9.59. The molecule has 0 fully saturated rings. The minimum atomic E-state index is -1.06. The van der Waals surface area contributed by atoms with Crippen LogP contribution in [0.1, 0.15) is 0 Å². The Bertz CT molecular complexity index is 428. The van der Waals surface area contributed by atoms with Crippen LogP contribution in [0.5, 0.6) is 5.75 Å². The standard InChI is InChI=1S/C13H18N2O4S/c14-11(13(17)18)8-20-9-12(16)15-6-7-19-10-4-2-1-3-5-10/h1-5,11H,6-9,14H2,(H,15,16)(H,17,18)/t11-/m0/s1. The summed E-state index contributed by atoms with van der Waals surface area (Å²) in [6, 6.07) is 8.38.